The Bertz CT molecular complexity index is 991. The van der Waals surface area contributed by atoms with Gasteiger partial charge in [-0.25, -0.2) is 0 Å². The van der Waals surface area contributed by atoms with Gasteiger partial charge in [-0.3, -0.25) is 4.79 Å². The molecule has 3 aromatic carbocycles. The van der Waals surface area contributed by atoms with Gasteiger partial charge in [0, 0.05) is 30.1 Å². The number of carbonyl (C=O) groups is 1. The largest absolute Gasteiger partial charge is 0.481 e. The second-order valence-electron chi connectivity index (χ2n) is 8.09. The van der Waals surface area contributed by atoms with Crippen LogP contribution in [0.15, 0.2) is 66.7 Å². The Balaban J connectivity index is 1.53. The van der Waals surface area contributed by atoms with Crippen LogP contribution in [0.3, 0.4) is 0 Å². The van der Waals surface area contributed by atoms with Crippen LogP contribution in [0.5, 0.6) is 0 Å². The summed E-state index contributed by atoms with van der Waals surface area (Å²) in [5.41, 5.74) is 3.84. The van der Waals surface area contributed by atoms with Gasteiger partial charge in [-0.2, -0.15) is 0 Å². The lowest BCUT2D eigenvalue weighted by molar-refractivity contribution is -0.136. The molecule has 1 saturated carbocycles. The van der Waals surface area contributed by atoms with Gasteiger partial charge in [0.05, 0.1) is 0 Å². The Morgan fingerprint density at radius 2 is 1.83 bits per heavy atom. The molecule has 0 saturated heterocycles. The second-order valence-corrected chi connectivity index (χ2v) is 8.09. The zero-order valence-corrected chi connectivity index (χ0v) is 17.1. The molecule has 0 radical (unpaired) electrons. The smallest absolute Gasteiger partial charge is 0.303 e. The van der Waals surface area contributed by atoms with Crippen molar-refractivity contribution < 1.29 is 9.90 Å². The molecule has 3 nitrogen and oxygen atoms in total. The van der Waals surface area contributed by atoms with E-state index in [4.69, 9.17) is 5.11 Å². The number of nitrogens with zero attached hydrogens (tertiary/aromatic N) is 1. The van der Waals surface area contributed by atoms with Gasteiger partial charge < -0.3 is 10.0 Å². The Hall–Kier alpha value is -2.81. The number of benzene rings is 3. The van der Waals surface area contributed by atoms with E-state index in [0.29, 0.717) is 18.4 Å². The molecule has 0 aliphatic heterocycles. The molecule has 0 heterocycles. The summed E-state index contributed by atoms with van der Waals surface area (Å²) >= 11 is 0. The van der Waals surface area contributed by atoms with E-state index in [-0.39, 0.29) is 6.42 Å². The number of hydrogen-bond donors (Lipinski definition) is 1. The van der Waals surface area contributed by atoms with E-state index >= 15 is 0 Å². The van der Waals surface area contributed by atoms with Crippen LogP contribution in [-0.4, -0.2) is 23.7 Å². The van der Waals surface area contributed by atoms with Crippen LogP contribution in [0.1, 0.15) is 49.7 Å². The quantitative estimate of drug-likeness (QED) is 0.539. The van der Waals surface area contributed by atoms with E-state index in [1.807, 2.05) is 6.07 Å². The summed E-state index contributed by atoms with van der Waals surface area (Å²) in [6, 6.07) is 24.4. The molecule has 2 atom stereocenters. The Labute approximate surface area is 173 Å². The zero-order valence-electron chi connectivity index (χ0n) is 17.1. The molecule has 29 heavy (non-hydrogen) atoms. The zero-order chi connectivity index (χ0) is 20.2. The summed E-state index contributed by atoms with van der Waals surface area (Å²) in [7, 11) is 0. The molecule has 0 amide bonds. The molecule has 3 aromatic rings. The number of rotatable bonds is 7. The lowest BCUT2D eigenvalue weighted by atomic mass is 9.94. The van der Waals surface area contributed by atoms with Crippen molar-refractivity contribution in [2.75, 3.05) is 11.4 Å². The predicted molar refractivity (Wildman–Crippen MR) is 120 cm³/mol. The number of fused-ring (bicyclic) bond motifs is 1. The summed E-state index contributed by atoms with van der Waals surface area (Å²) in [5, 5.41) is 11.6. The van der Waals surface area contributed by atoms with E-state index < -0.39 is 5.97 Å². The van der Waals surface area contributed by atoms with Gasteiger partial charge in [0.15, 0.2) is 0 Å². The number of anilines is 1. The van der Waals surface area contributed by atoms with Gasteiger partial charge in [0.1, 0.15) is 0 Å². The number of hydrogen-bond acceptors (Lipinski definition) is 2. The van der Waals surface area contributed by atoms with Crippen molar-refractivity contribution in [3.63, 3.8) is 0 Å². The highest BCUT2D eigenvalue weighted by Crippen LogP contribution is 2.40. The van der Waals surface area contributed by atoms with Crippen molar-refractivity contribution in [3.05, 3.63) is 77.9 Å². The monoisotopic (exact) mass is 387 g/mol. The standard InChI is InChI=1S/C26H29NO2/c1-2-27(25-12-6-9-20-8-3-4-11-24(20)25)23-15-14-22(18-23)21-10-5-7-19(17-21)13-16-26(28)29/h3-12,17,22-23H,2,13-16,18H2,1H3,(H,28,29). The molecule has 4 rings (SSSR count). The summed E-state index contributed by atoms with van der Waals surface area (Å²) in [5.74, 6) is -0.182. The first kappa shape index (κ1) is 19.5. The van der Waals surface area contributed by atoms with Gasteiger partial charge in [0.2, 0.25) is 0 Å². The van der Waals surface area contributed by atoms with Crippen molar-refractivity contribution in [2.45, 2.75) is 51.0 Å². The maximum absolute atomic E-state index is 10.9. The van der Waals surface area contributed by atoms with Crippen LogP contribution in [-0.2, 0) is 11.2 Å². The van der Waals surface area contributed by atoms with Crippen molar-refractivity contribution >= 4 is 22.4 Å². The summed E-state index contributed by atoms with van der Waals surface area (Å²) in [6.07, 6.45) is 4.34. The first-order valence-electron chi connectivity index (χ1n) is 10.7. The van der Waals surface area contributed by atoms with Crippen LogP contribution >= 0.6 is 0 Å². The van der Waals surface area contributed by atoms with Crippen molar-refractivity contribution in [1.82, 2.24) is 0 Å². The fraction of sp³-hybridized carbons (Fsp3) is 0.346. The fourth-order valence-corrected chi connectivity index (χ4v) is 4.88. The minimum absolute atomic E-state index is 0.196. The molecule has 1 fully saturated rings. The molecule has 150 valence electrons. The van der Waals surface area contributed by atoms with Crippen molar-refractivity contribution in [3.8, 4) is 0 Å². The third-order valence-electron chi connectivity index (χ3n) is 6.31. The first-order valence-corrected chi connectivity index (χ1v) is 10.7. The average molecular weight is 388 g/mol. The average Bonchev–Trinajstić information content (AvgIpc) is 3.23. The van der Waals surface area contributed by atoms with Gasteiger partial charge in [-0.15, -0.1) is 0 Å². The van der Waals surface area contributed by atoms with E-state index in [9.17, 15) is 4.79 Å². The number of aliphatic carboxylic acids is 1. The number of carboxylic acid groups (broad SMARTS) is 1. The van der Waals surface area contributed by atoms with Gasteiger partial charge in [0.25, 0.3) is 0 Å². The van der Waals surface area contributed by atoms with Crippen molar-refractivity contribution in [2.24, 2.45) is 0 Å². The highest BCUT2D eigenvalue weighted by molar-refractivity contribution is 5.94. The van der Waals surface area contributed by atoms with Crippen LogP contribution < -0.4 is 4.90 Å². The normalized spacial score (nSPS) is 18.8. The number of carboxylic acids is 1. The van der Waals surface area contributed by atoms with Crippen LogP contribution in [0.4, 0.5) is 5.69 Å². The predicted octanol–water partition coefficient (Wildman–Crippen LogP) is 6.02. The molecule has 0 aromatic heterocycles. The minimum atomic E-state index is -0.731. The maximum Gasteiger partial charge on any atom is 0.303 e. The van der Waals surface area contributed by atoms with Gasteiger partial charge in [-0.1, -0.05) is 60.7 Å². The Morgan fingerprint density at radius 3 is 2.66 bits per heavy atom. The molecule has 1 N–H and O–H groups in total. The molecule has 1 aliphatic carbocycles. The van der Waals surface area contributed by atoms with Gasteiger partial charge >= 0.3 is 5.97 Å². The molecule has 3 heteroatoms. The Morgan fingerprint density at radius 1 is 1.03 bits per heavy atom. The van der Waals surface area contributed by atoms with E-state index in [1.165, 1.54) is 34.9 Å². The van der Waals surface area contributed by atoms with E-state index in [1.54, 1.807) is 0 Å². The minimum Gasteiger partial charge on any atom is -0.481 e. The fourth-order valence-electron chi connectivity index (χ4n) is 4.88. The molecule has 2 unspecified atom stereocenters. The molecular weight excluding hydrogens is 358 g/mol. The lowest BCUT2D eigenvalue weighted by Crippen LogP contribution is -2.33. The molecule has 0 bridgehead atoms. The maximum atomic E-state index is 10.9. The Kier molecular flexibility index (Phi) is 5.84. The first-order chi connectivity index (χ1) is 14.2. The van der Waals surface area contributed by atoms with Crippen LogP contribution in [0, 0.1) is 0 Å². The highest BCUT2D eigenvalue weighted by Gasteiger charge is 2.30. The SMILES string of the molecule is CCN(c1cccc2ccccc12)C1CCC(c2cccc(CCC(=O)O)c2)C1. The van der Waals surface area contributed by atoms with E-state index in [0.717, 1.165) is 18.5 Å². The number of aryl methyl sites for hydroxylation is 1. The third-order valence-corrected chi connectivity index (χ3v) is 6.31. The van der Waals surface area contributed by atoms with Crippen LogP contribution in [0.2, 0.25) is 0 Å². The van der Waals surface area contributed by atoms with Crippen molar-refractivity contribution in [1.29, 1.82) is 0 Å². The van der Waals surface area contributed by atoms with Gasteiger partial charge in [-0.05, 0) is 61.1 Å². The summed E-state index contributed by atoms with van der Waals surface area (Å²) in [4.78, 5) is 13.5. The molecule has 1 aliphatic rings. The topological polar surface area (TPSA) is 40.5 Å². The van der Waals surface area contributed by atoms with E-state index in [2.05, 4.69) is 72.5 Å². The highest BCUT2D eigenvalue weighted by atomic mass is 16.4. The van der Waals surface area contributed by atoms with Crippen LogP contribution in [0.25, 0.3) is 10.8 Å². The molecular formula is C26H29NO2. The molecule has 0 spiro atoms. The summed E-state index contributed by atoms with van der Waals surface area (Å²) in [6.45, 7) is 3.26. The summed E-state index contributed by atoms with van der Waals surface area (Å²) < 4.78 is 0. The third kappa shape index (κ3) is 4.29. The second kappa shape index (κ2) is 8.69. The lowest BCUT2D eigenvalue weighted by Gasteiger charge is -2.31.